The molecular formula is C41H36N8O3. The fourth-order valence-electron chi connectivity index (χ4n) is 6.11. The molecule has 0 aliphatic carbocycles. The van der Waals surface area contributed by atoms with Crippen LogP contribution in [-0.4, -0.2) is 25.1 Å². The molecule has 0 spiro atoms. The summed E-state index contributed by atoms with van der Waals surface area (Å²) in [5.41, 5.74) is 8.37. The van der Waals surface area contributed by atoms with Gasteiger partial charge in [-0.3, -0.25) is 0 Å². The minimum Gasteiger partial charge on any atom is -0.506 e. The van der Waals surface area contributed by atoms with Gasteiger partial charge in [0.15, 0.2) is 11.4 Å². The van der Waals surface area contributed by atoms with Crippen molar-refractivity contribution in [3.05, 3.63) is 125 Å². The number of azo groups is 3. The average molecular weight is 689 g/mol. The number of phenolic OH excluding ortho intramolecular Hbond substituents is 2. The molecule has 11 heteroatoms. The smallest absolute Gasteiger partial charge is 0.243 e. The van der Waals surface area contributed by atoms with Crippen LogP contribution >= 0.6 is 0 Å². The molecule has 0 amide bonds. The van der Waals surface area contributed by atoms with E-state index in [9.17, 15) is 15.3 Å². The molecule has 0 saturated heterocycles. The zero-order valence-corrected chi connectivity index (χ0v) is 29.6. The van der Waals surface area contributed by atoms with E-state index in [0.717, 1.165) is 38.7 Å². The van der Waals surface area contributed by atoms with Gasteiger partial charge in [-0.1, -0.05) is 42.0 Å². The highest BCUT2D eigenvalue weighted by Crippen LogP contribution is 2.42. The number of hydrogen-bond donors (Lipinski definition) is 3. The number of hydrogen-bond acceptors (Lipinski definition) is 10. The standard InChI is InChI=1S/C41H36N8O3/c1-22-10-14-31(15-11-22)49-41(52)39(27(6)48-49)47-42-29-13-12-28-16-26(5)38(40(51)34(28)19-29)46-45-36-18-25(4)35(21-37(36)50)44-43-30-17-24(3)32-9-7-8-23(2)33(32)20-30/h7-21,50-52H,1-6H3. The fraction of sp³-hybridized carbons (Fsp3) is 0.146. The number of nitrogens with zero attached hydrogens (tertiary/aromatic N) is 8. The van der Waals surface area contributed by atoms with E-state index in [2.05, 4.69) is 61.8 Å². The lowest BCUT2D eigenvalue weighted by atomic mass is 10.0. The van der Waals surface area contributed by atoms with Crippen molar-refractivity contribution in [2.75, 3.05) is 0 Å². The molecule has 0 aliphatic rings. The summed E-state index contributed by atoms with van der Waals surface area (Å²) in [5, 5.41) is 67.2. The first-order valence-corrected chi connectivity index (χ1v) is 16.7. The van der Waals surface area contributed by atoms with Gasteiger partial charge in [0.25, 0.3) is 0 Å². The quantitative estimate of drug-likeness (QED) is 0.143. The highest BCUT2D eigenvalue weighted by Gasteiger charge is 2.17. The molecule has 7 aromatic rings. The number of aromatic nitrogens is 2. The van der Waals surface area contributed by atoms with Crippen molar-refractivity contribution in [3.63, 3.8) is 0 Å². The maximum absolute atomic E-state index is 11.3. The predicted molar refractivity (Wildman–Crippen MR) is 204 cm³/mol. The van der Waals surface area contributed by atoms with Gasteiger partial charge in [-0.05, 0) is 128 Å². The third-order valence-corrected chi connectivity index (χ3v) is 9.04. The summed E-state index contributed by atoms with van der Waals surface area (Å²) in [5.74, 6) is -0.347. The molecule has 0 saturated carbocycles. The third-order valence-electron chi connectivity index (χ3n) is 9.04. The van der Waals surface area contributed by atoms with Gasteiger partial charge < -0.3 is 15.3 Å². The first-order chi connectivity index (χ1) is 25.0. The molecule has 7 rings (SSSR count). The van der Waals surface area contributed by atoms with Gasteiger partial charge in [0, 0.05) is 11.5 Å². The SMILES string of the molecule is Cc1ccc(-n2nc(C)c(N=Nc3ccc4cc(C)c(N=Nc5cc(C)c(N=Nc6cc(C)c7cccc(C)c7c6)cc5O)c(O)c4c3)c2O)cc1. The Balaban J connectivity index is 1.14. The number of fused-ring (bicyclic) bond motifs is 2. The van der Waals surface area contributed by atoms with E-state index in [1.54, 1.807) is 25.1 Å². The van der Waals surface area contributed by atoms with Crippen molar-refractivity contribution in [1.82, 2.24) is 9.78 Å². The average Bonchev–Trinajstić information content (AvgIpc) is 3.40. The summed E-state index contributed by atoms with van der Waals surface area (Å²) in [6.07, 6.45) is 0. The molecule has 1 heterocycles. The summed E-state index contributed by atoms with van der Waals surface area (Å²) < 4.78 is 1.42. The van der Waals surface area contributed by atoms with E-state index >= 15 is 0 Å². The van der Waals surface area contributed by atoms with Crippen LogP contribution in [0.4, 0.5) is 34.1 Å². The van der Waals surface area contributed by atoms with E-state index in [4.69, 9.17) is 0 Å². The van der Waals surface area contributed by atoms with Gasteiger partial charge in [0.2, 0.25) is 5.88 Å². The first kappa shape index (κ1) is 33.7. The maximum Gasteiger partial charge on any atom is 0.243 e. The van der Waals surface area contributed by atoms with Crippen LogP contribution in [0, 0.1) is 41.5 Å². The minimum absolute atomic E-state index is 0.0930. The van der Waals surface area contributed by atoms with Crippen LogP contribution in [0.3, 0.4) is 0 Å². The maximum atomic E-state index is 11.3. The second-order valence-electron chi connectivity index (χ2n) is 13.0. The molecule has 6 aromatic carbocycles. The normalized spacial score (nSPS) is 12.0. The number of benzene rings is 6. The van der Waals surface area contributed by atoms with Crippen molar-refractivity contribution < 1.29 is 15.3 Å². The van der Waals surface area contributed by atoms with Crippen molar-refractivity contribution in [2.24, 2.45) is 30.7 Å². The predicted octanol–water partition coefficient (Wildman–Crippen LogP) is 12.4. The van der Waals surface area contributed by atoms with Crippen LogP contribution in [0.5, 0.6) is 17.4 Å². The van der Waals surface area contributed by atoms with Gasteiger partial charge in [-0.25, -0.2) is 0 Å². The van der Waals surface area contributed by atoms with E-state index in [1.807, 2.05) is 75.4 Å². The molecule has 0 unspecified atom stereocenters. The zero-order chi connectivity index (χ0) is 36.7. The Morgan fingerprint density at radius 1 is 0.519 bits per heavy atom. The van der Waals surface area contributed by atoms with Crippen LogP contribution in [0.1, 0.15) is 33.5 Å². The molecular weight excluding hydrogens is 653 g/mol. The first-order valence-electron chi connectivity index (χ1n) is 16.7. The fourth-order valence-corrected chi connectivity index (χ4v) is 6.11. The third kappa shape index (κ3) is 6.47. The van der Waals surface area contributed by atoms with Crippen molar-refractivity contribution in [3.8, 4) is 23.1 Å². The van der Waals surface area contributed by atoms with Crippen molar-refractivity contribution in [1.29, 1.82) is 0 Å². The summed E-state index contributed by atoms with van der Waals surface area (Å²) in [7, 11) is 0. The van der Waals surface area contributed by atoms with Crippen LogP contribution in [0.2, 0.25) is 0 Å². The van der Waals surface area contributed by atoms with Crippen molar-refractivity contribution >= 4 is 55.7 Å². The van der Waals surface area contributed by atoms with E-state index in [1.165, 1.54) is 16.1 Å². The molecule has 0 atom stereocenters. The number of aryl methyl sites for hydroxylation is 6. The topological polar surface area (TPSA) is 153 Å². The van der Waals surface area contributed by atoms with E-state index < -0.39 is 0 Å². The highest BCUT2D eigenvalue weighted by molar-refractivity contribution is 5.95. The van der Waals surface area contributed by atoms with Gasteiger partial charge in [-0.2, -0.15) is 25.1 Å². The Morgan fingerprint density at radius 3 is 2.02 bits per heavy atom. The summed E-state index contributed by atoms with van der Waals surface area (Å²) in [4.78, 5) is 0. The molecule has 0 bridgehead atoms. The second-order valence-corrected chi connectivity index (χ2v) is 13.0. The summed E-state index contributed by atoms with van der Waals surface area (Å²) in [6.45, 7) is 11.5. The highest BCUT2D eigenvalue weighted by atomic mass is 16.3. The minimum atomic E-state index is -0.128. The largest absolute Gasteiger partial charge is 0.506 e. The summed E-state index contributed by atoms with van der Waals surface area (Å²) >= 11 is 0. The molecule has 0 aliphatic heterocycles. The number of phenols is 2. The van der Waals surface area contributed by atoms with E-state index in [-0.39, 0.29) is 34.4 Å². The lowest BCUT2D eigenvalue weighted by Crippen LogP contribution is -1.95. The molecule has 1 aromatic heterocycles. The van der Waals surface area contributed by atoms with Gasteiger partial charge in [-0.15, -0.1) is 15.3 Å². The molecule has 11 nitrogen and oxygen atoms in total. The van der Waals surface area contributed by atoms with Crippen LogP contribution in [0.25, 0.3) is 27.2 Å². The second kappa shape index (κ2) is 13.5. The zero-order valence-electron chi connectivity index (χ0n) is 29.6. The Bertz CT molecular complexity index is 2620. The van der Waals surface area contributed by atoms with Crippen LogP contribution in [-0.2, 0) is 0 Å². The Labute approximate surface area is 300 Å². The molecule has 3 N–H and O–H groups in total. The number of aromatic hydroxyl groups is 3. The molecule has 52 heavy (non-hydrogen) atoms. The lowest BCUT2D eigenvalue weighted by Gasteiger charge is -2.09. The van der Waals surface area contributed by atoms with Gasteiger partial charge in [0.05, 0.1) is 28.4 Å². The van der Waals surface area contributed by atoms with Gasteiger partial charge in [0.1, 0.15) is 17.1 Å². The number of rotatable bonds is 7. The van der Waals surface area contributed by atoms with Crippen molar-refractivity contribution in [2.45, 2.75) is 41.5 Å². The van der Waals surface area contributed by atoms with Crippen LogP contribution in [0.15, 0.2) is 122 Å². The Hall–Kier alpha value is -6.75. The van der Waals surface area contributed by atoms with Gasteiger partial charge >= 0.3 is 0 Å². The lowest BCUT2D eigenvalue weighted by molar-refractivity contribution is 0.434. The molecule has 0 fully saturated rings. The Morgan fingerprint density at radius 2 is 1.23 bits per heavy atom. The molecule has 0 radical (unpaired) electrons. The summed E-state index contributed by atoms with van der Waals surface area (Å²) in [6, 6.07) is 28.1. The molecule has 258 valence electrons. The van der Waals surface area contributed by atoms with Crippen LogP contribution < -0.4 is 0 Å². The van der Waals surface area contributed by atoms with E-state index in [0.29, 0.717) is 33.7 Å². The Kier molecular flexibility index (Phi) is 8.77. The monoisotopic (exact) mass is 688 g/mol.